The first-order chi connectivity index (χ1) is 12.7. The van der Waals surface area contributed by atoms with Crippen molar-refractivity contribution in [2.24, 2.45) is 0 Å². The number of halogens is 1. The van der Waals surface area contributed by atoms with Gasteiger partial charge in [-0.3, -0.25) is 0 Å². The number of hydrogen-bond acceptors (Lipinski definition) is 5. The van der Waals surface area contributed by atoms with Crippen molar-refractivity contribution in [3.8, 4) is 21.8 Å². The summed E-state index contributed by atoms with van der Waals surface area (Å²) in [5.74, 6) is 0. The van der Waals surface area contributed by atoms with Crippen LogP contribution in [0.1, 0.15) is 0 Å². The van der Waals surface area contributed by atoms with Crippen molar-refractivity contribution in [3.63, 3.8) is 0 Å². The molecule has 0 aliphatic rings. The smallest absolute Gasteiger partial charge is 0.345 e. The highest BCUT2D eigenvalue weighted by atomic mass is 35.5. The average Bonchev–Trinajstić information content (AvgIpc) is 3.20. The lowest BCUT2D eigenvalue weighted by atomic mass is 10.1. The normalized spacial score (nSPS) is 11.4. The molecule has 3 aromatic heterocycles. The summed E-state index contributed by atoms with van der Waals surface area (Å²) in [4.78, 5) is 17.5. The highest BCUT2D eigenvalue weighted by Crippen LogP contribution is 2.32. The van der Waals surface area contributed by atoms with E-state index in [1.54, 1.807) is 22.8 Å². The van der Waals surface area contributed by atoms with Crippen LogP contribution >= 0.6 is 22.9 Å². The number of benzene rings is 2. The van der Waals surface area contributed by atoms with E-state index in [2.05, 4.69) is 10.1 Å². The van der Waals surface area contributed by atoms with Gasteiger partial charge in [0.05, 0.1) is 22.5 Å². The van der Waals surface area contributed by atoms with E-state index in [0.717, 1.165) is 16.0 Å². The van der Waals surface area contributed by atoms with Crippen LogP contribution in [0.2, 0.25) is 5.02 Å². The van der Waals surface area contributed by atoms with E-state index in [1.807, 2.05) is 42.5 Å². The first kappa shape index (κ1) is 15.3. The van der Waals surface area contributed by atoms with E-state index in [9.17, 15) is 4.79 Å². The summed E-state index contributed by atoms with van der Waals surface area (Å²) in [5.41, 5.74) is 1.95. The third-order valence-corrected chi connectivity index (χ3v) is 5.35. The minimum absolute atomic E-state index is 0.416. The van der Waals surface area contributed by atoms with Crippen LogP contribution in [0.4, 0.5) is 0 Å². The van der Waals surface area contributed by atoms with Crippen molar-refractivity contribution >= 4 is 38.9 Å². The molecule has 126 valence electrons. The van der Waals surface area contributed by atoms with E-state index in [1.165, 1.54) is 11.3 Å². The maximum absolute atomic E-state index is 12.3. The predicted octanol–water partition coefficient (Wildman–Crippen LogP) is 4.88. The number of aromatic nitrogens is 3. The van der Waals surface area contributed by atoms with Crippen molar-refractivity contribution in [1.29, 1.82) is 0 Å². The molecule has 0 aliphatic carbocycles. The van der Waals surface area contributed by atoms with Crippen LogP contribution in [0, 0.1) is 0 Å². The van der Waals surface area contributed by atoms with E-state index < -0.39 is 5.63 Å². The Hall–Kier alpha value is -2.96. The van der Waals surface area contributed by atoms with E-state index in [0.29, 0.717) is 26.8 Å². The number of rotatable bonds is 2. The molecule has 0 radical (unpaired) electrons. The molecular formula is C19H10ClN3O2S. The van der Waals surface area contributed by atoms with Crippen LogP contribution in [0.3, 0.4) is 0 Å². The fourth-order valence-electron chi connectivity index (χ4n) is 2.81. The van der Waals surface area contributed by atoms with Crippen molar-refractivity contribution in [2.75, 3.05) is 0 Å². The maximum Gasteiger partial charge on any atom is 0.345 e. The quantitative estimate of drug-likeness (QED) is 0.410. The molecule has 7 heteroatoms. The molecule has 0 saturated carbocycles. The fourth-order valence-corrected chi connectivity index (χ4v) is 4.02. The fraction of sp³-hybridized carbons (Fsp3) is 0. The molecule has 5 rings (SSSR count). The molecular weight excluding hydrogens is 370 g/mol. The van der Waals surface area contributed by atoms with E-state index in [-0.39, 0.29) is 0 Å². The first-order valence-corrected chi connectivity index (χ1v) is 9.03. The molecule has 5 nitrogen and oxygen atoms in total. The molecule has 2 aromatic carbocycles. The summed E-state index contributed by atoms with van der Waals surface area (Å²) < 4.78 is 7.05. The van der Waals surface area contributed by atoms with Crippen molar-refractivity contribution in [2.45, 2.75) is 0 Å². The van der Waals surface area contributed by atoms with Crippen molar-refractivity contribution < 1.29 is 4.42 Å². The lowest BCUT2D eigenvalue weighted by Gasteiger charge is -1.99. The van der Waals surface area contributed by atoms with Crippen LogP contribution in [0.15, 0.2) is 70.0 Å². The number of nitrogens with zero attached hydrogens (tertiary/aromatic N) is 3. The Morgan fingerprint density at radius 2 is 1.85 bits per heavy atom. The van der Waals surface area contributed by atoms with Crippen molar-refractivity contribution in [3.05, 3.63) is 76.2 Å². The van der Waals surface area contributed by atoms with Crippen LogP contribution < -0.4 is 5.63 Å². The Labute approximate surface area is 156 Å². The van der Waals surface area contributed by atoms with Gasteiger partial charge in [0, 0.05) is 10.9 Å². The second-order valence-corrected chi connectivity index (χ2v) is 7.09. The zero-order valence-electron chi connectivity index (χ0n) is 13.2. The Balaban J connectivity index is 1.63. The summed E-state index contributed by atoms with van der Waals surface area (Å²) in [6.45, 7) is 0. The lowest BCUT2D eigenvalue weighted by Crippen LogP contribution is -2.02. The molecule has 0 saturated heterocycles. The third-order valence-electron chi connectivity index (χ3n) is 4.06. The predicted molar refractivity (Wildman–Crippen MR) is 103 cm³/mol. The molecule has 5 aromatic rings. The Bertz CT molecular complexity index is 1300. The SMILES string of the molecule is O=c1oc2ccccc2cc1-c1cn2nc(-c3ccccc3Cl)sc2n1. The largest absolute Gasteiger partial charge is 0.422 e. The molecule has 26 heavy (non-hydrogen) atoms. The van der Waals surface area contributed by atoms with Gasteiger partial charge in [0.2, 0.25) is 4.96 Å². The van der Waals surface area contributed by atoms with Gasteiger partial charge >= 0.3 is 5.63 Å². The average molecular weight is 380 g/mol. The Kier molecular flexibility index (Phi) is 3.41. The number of imidazole rings is 1. The Morgan fingerprint density at radius 3 is 2.69 bits per heavy atom. The summed E-state index contributed by atoms with van der Waals surface area (Å²) in [6.07, 6.45) is 1.73. The molecule has 0 atom stereocenters. The first-order valence-electron chi connectivity index (χ1n) is 7.83. The molecule has 0 unspecified atom stereocenters. The molecule has 0 fully saturated rings. The zero-order valence-corrected chi connectivity index (χ0v) is 14.8. The van der Waals surface area contributed by atoms with Crippen LogP contribution in [0.25, 0.3) is 37.8 Å². The van der Waals surface area contributed by atoms with Gasteiger partial charge in [-0.1, -0.05) is 59.3 Å². The van der Waals surface area contributed by atoms with Crippen molar-refractivity contribution in [1.82, 2.24) is 14.6 Å². The van der Waals surface area contributed by atoms with Gasteiger partial charge in [-0.15, -0.1) is 0 Å². The van der Waals surface area contributed by atoms with Crippen LogP contribution in [0.5, 0.6) is 0 Å². The topological polar surface area (TPSA) is 60.4 Å². The molecule has 0 amide bonds. The minimum Gasteiger partial charge on any atom is -0.422 e. The van der Waals surface area contributed by atoms with Gasteiger partial charge in [-0.05, 0) is 18.2 Å². The van der Waals surface area contributed by atoms with Crippen LogP contribution in [-0.2, 0) is 0 Å². The van der Waals surface area contributed by atoms with Gasteiger partial charge in [0.25, 0.3) is 0 Å². The number of para-hydroxylation sites is 1. The summed E-state index contributed by atoms with van der Waals surface area (Å²) >= 11 is 7.65. The van der Waals surface area contributed by atoms with Gasteiger partial charge in [-0.25, -0.2) is 14.3 Å². The lowest BCUT2D eigenvalue weighted by molar-refractivity contribution is 0.563. The number of hydrogen-bond donors (Lipinski definition) is 0. The molecule has 0 N–H and O–H groups in total. The highest BCUT2D eigenvalue weighted by Gasteiger charge is 2.15. The van der Waals surface area contributed by atoms with Gasteiger partial charge in [0.1, 0.15) is 10.6 Å². The Morgan fingerprint density at radius 1 is 1.04 bits per heavy atom. The summed E-state index contributed by atoms with van der Waals surface area (Å²) in [5, 5.41) is 6.80. The molecule has 0 aliphatic heterocycles. The second kappa shape index (κ2) is 5.79. The third kappa shape index (κ3) is 2.42. The van der Waals surface area contributed by atoms with E-state index in [4.69, 9.17) is 16.0 Å². The molecule has 0 bridgehead atoms. The molecule has 0 spiro atoms. The molecule has 3 heterocycles. The number of fused-ring (bicyclic) bond motifs is 2. The van der Waals surface area contributed by atoms with Gasteiger partial charge < -0.3 is 4.42 Å². The summed E-state index contributed by atoms with van der Waals surface area (Å²) in [7, 11) is 0. The minimum atomic E-state index is -0.416. The maximum atomic E-state index is 12.3. The zero-order chi connectivity index (χ0) is 17.7. The summed E-state index contributed by atoms with van der Waals surface area (Å²) in [6, 6.07) is 16.7. The standard InChI is InChI=1S/C19H10ClN3O2S/c20-14-7-3-2-6-12(14)17-22-23-10-15(21-19(23)26-17)13-9-11-5-1-4-8-16(11)25-18(13)24/h1-10H. The van der Waals surface area contributed by atoms with E-state index >= 15 is 0 Å². The van der Waals surface area contributed by atoms with Gasteiger partial charge in [0.15, 0.2) is 0 Å². The highest BCUT2D eigenvalue weighted by molar-refractivity contribution is 7.19. The van der Waals surface area contributed by atoms with Crippen LogP contribution in [-0.4, -0.2) is 14.6 Å². The van der Waals surface area contributed by atoms with Gasteiger partial charge in [-0.2, -0.15) is 5.10 Å². The second-order valence-electron chi connectivity index (χ2n) is 5.73. The monoisotopic (exact) mass is 379 g/mol.